The number of H-pyrrole nitrogens is 1. The van der Waals surface area contributed by atoms with Gasteiger partial charge in [0, 0.05) is 72.7 Å². The van der Waals surface area contributed by atoms with Gasteiger partial charge < -0.3 is 107 Å². The van der Waals surface area contributed by atoms with Gasteiger partial charge in [0.25, 0.3) is 0 Å². The molecule has 2 aromatic rings. The fourth-order valence-electron chi connectivity index (χ4n) is 10.9. The van der Waals surface area contributed by atoms with Crippen LogP contribution in [0.3, 0.4) is 0 Å². The first-order valence-electron chi connectivity index (χ1n) is 32.3. The number of carbonyl (C=O) groups is 11. The number of aromatic amines is 1. The molecule has 1 saturated heterocycles. The molecule has 0 aliphatic carbocycles. The van der Waals surface area contributed by atoms with Crippen LogP contribution < -0.4 is 53.9 Å². The van der Waals surface area contributed by atoms with Crippen molar-refractivity contribution in [3.8, 4) is 5.75 Å². The number of aromatic hydroxyl groups is 1. The number of carboxylic acids is 1. The zero-order chi connectivity index (χ0) is 71.6. The third-order valence-corrected chi connectivity index (χ3v) is 19.2. The first-order valence-corrected chi connectivity index (χ1v) is 34.8. The van der Waals surface area contributed by atoms with E-state index in [0.717, 1.165) is 4.90 Å². The summed E-state index contributed by atoms with van der Waals surface area (Å²) in [5.41, 5.74) is 12.7. The average Bonchev–Trinajstić information content (AvgIpc) is 1.61. The van der Waals surface area contributed by atoms with Gasteiger partial charge in [0.2, 0.25) is 53.2 Å². The van der Waals surface area contributed by atoms with E-state index in [2.05, 4.69) is 53.2 Å². The lowest BCUT2D eigenvalue weighted by Gasteiger charge is -2.32. The zero-order valence-corrected chi connectivity index (χ0v) is 56.9. The second-order valence-electron chi connectivity index (χ2n) is 24.1. The lowest BCUT2D eigenvalue weighted by atomic mass is 9.86. The molecule has 12 atom stereocenters. The number of nitrogens with zero attached hydrogens (tertiary/aromatic N) is 2. The fourth-order valence-corrected chi connectivity index (χ4v) is 13.2. The number of aromatic nitrogens is 1. The van der Waals surface area contributed by atoms with Crippen molar-refractivity contribution >= 4 is 98.4 Å². The minimum Gasteiger partial charge on any atom is -0.508 e. The van der Waals surface area contributed by atoms with E-state index in [0.29, 0.717) is 64.1 Å². The number of nitrogens with two attached hydrogens (primary N) is 1. The summed E-state index contributed by atoms with van der Waals surface area (Å²) < 4.78 is 43.4. The summed E-state index contributed by atoms with van der Waals surface area (Å²) in [6, 6.07) is -6.14. The molecule has 546 valence electrons. The number of Topliss-reactive ketones (excluding diaryl/α,β-unsaturated/α-hetero) is 1. The first kappa shape index (κ1) is 79.4. The van der Waals surface area contributed by atoms with Crippen LogP contribution in [0.15, 0.2) is 29.1 Å². The molecule has 2 bridgehead atoms. The highest BCUT2D eigenvalue weighted by atomic mass is 32.2. The van der Waals surface area contributed by atoms with Crippen LogP contribution in [0.1, 0.15) is 70.9 Å². The Balaban J connectivity index is 1.13. The van der Waals surface area contributed by atoms with E-state index in [1.54, 1.807) is 25.1 Å². The Morgan fingerprint density at radius 2 is 1.46 bits per heavy atom. The Morgan fingerprint density at radius 1 is 0.806 bits per heavy atom. The molecule has 0 saturated carbocycles. The Morgan fingerprint density at radius 3 is 2.10 bits per heavy atom. The van der Waals surface area contributed by atoms with Crippen molar-refractivity contribution in [3.05, 3.63) is 35.2 Å². The summed E-state index contributed by atoms with van der Waals surface area (Å²) in [7, 11) is -2.48. The largest absolute Gasteiger partial charge is 0.508 e. The number of carbonyl (C=O) groups excluding carboxylic acids is 10. The molecule has 2 unspecified atom stereocenters. The van der Waals surface area contributed by atoms with Crippen LogP contribution in [0.2, 0.25) is 0 Å². The van der Waals surface area contributed by atoms with E-state index in [1.807, 2.05) is 0 Å². The topological polar surface area (TPSA) is 509 Å². The van der Waals surface area contributed by atoms with Crippen molar-refractivity contribution in [1.82, 2.24) is 63.1 Å². The standard InChI is InChI=1S/C61H93N13O22S2/c1-5-33(2)40-21-37(76)26-64-55(84)43-23-41-39-6-7-47(78)42(31-97-19-18-96-17-16-95-15-14-94-13-12-93-11-10-92-9-8-73-28-36(71-72-73)25-63-50(81)20-34(3)61(89)90)53(39)70-59(41)98(91)32-45(66-51(82)27-65-54(40)83)56(85)68-44(24-49(62)80)60(88)74-29-38(77)22-46(74)57(86)69-52(58(87)67-43)35(4)48(79)30-75/h6-7,28,33-35,38,40,43-46,48,52,70-72,75,77-79H,5,8-27,29-32H2,1-4H3,(H2,62,80)(H,63,81)(H,64,84)(H,65,83)(H,66,82)(H,67,87)(H,68,85)(H,69,86)(H,89,90)/t33-,34?,35-,38+,40-,43-,44-,45+,46-,48-,52-,98?/m0/s1. The molecule has 4 aliphatic rings. The van der Waals surface area contributed by atoms with Crippen LogP contribution in [0, 0.1) is 23.7 Å². The van der Waals surface area contributed by atoms with Crippen LogP contribution in [-0.2, 0) is 99.4 Å². The monoisotopic (exact) mass is 1420 g/mol. The van der Waals surface area contributed by atoms with Gasteiger partial charge in [0.1, 0.15) is 41.0 Å². The van der Waals surface area contributed by atoms with Gasteiger partial charge in [-0.3, -0.25) is 62.0 Å². The molecule has 17 N–H and O–H groups in total. The Hall–Kier alpha value is -7.59. The van der Waals surface area contributed by atoms with E-state index in [9.17, 15) is 73.2 Å². The molecule has 0 radical (unpaired) electrons. The molecule has 37 heteroatoms. The molecule has 1 aromatic heterocycles. The summed E-state index contributed by atoms with van der Waals surface area (Å²) in [5, 5.41) is 71.8. The third-order valence-electron chi connectivity index (χ3n) is 16.8. The van der Waals surface area contributed by atoms with Crippen LogP contribution in [-0.4, -0.2) is 269 Å². The number of aliphatic hydroxyl groups excluding tert-OH is 3. The minimum atomic E-state index is -2.48. The van der Waals surface area contributed by atoms with Gasteiger partial charge in [-0.15, -0.1) is 5.53 Å². The number of nitrogens with one attached hydrogen (secondary N) is 10. The second-order valence-corrected chi connectivity index (χ2v) is 26.7. The number of hydrogen-bond acceptors (Lipinski definition) is 25. The number of fused-ring (bicyclic) bond motifs is 5. The molecule has 98 heavy (non-hydrogen) atoms. The predicted octanol–water partition coefficient (Wildman–Crippen LogP) is -5.12. The van der Waals surface area contributed by atoms with Gasteiger partial charge >= 0.3 is 5.97 Å². The number of carboxylic acid groups (broad SMARTS) is 1. The van der Waals surface area contributed by atoms with Crippen molar-refractivity contribution in [2.75, 3.05) is 117 Å². The summed E-state index contributed by atoms with van der Waals surface area (Å²) >= 11 is 1.34. The van der Waals surface area contributed by atoms with Gasteiger partial charge in [-0.05, 0) is 23.6 Å². The zero-order valence-electron chi connectivity index (χ0n) is 55.2. The fraction of sp³-hybridized carbons (Fsp3) is 0.656. The van der Waals surface area contributed by atoms with Crippen LogP contribution in [0.25, 0.3) is 10.9 Å². The van der Waals surface area contributed by atoms with E-state index in [1.165, 1.54) is 37.7 Å². The molecule has 1 aromatic carbocycles. The van der Waals surface area contributed by atoms with Gasteiger partial charge in [0.05, 0.1) is 151 Å². The lowest BCUT2D eigenvalue weighted by molar-refractivity contribution is -0.144. The maximum absolute atomic E-state index is 15.2. The number of hydrogen-bond donors (Lipinski definition) is 16. The summed E-state index contributed by atoms with van der Waals surface area (Å²) in [4.78, 5) is 154. The van der Waals surface area contributed by atoms with Crippen molar-refractivity contribution < 1.29 is 106 Å². The highest BCUT2D eigenvalue weighted by Crippen LogP contribution is 2.36. The molecule has 9 amide bonds. The SMILES string of the molecule is CC[C@H](C)[C@@H]1CC(=O)CNC(=O)[C@@H]2Cc3c([nH]c4c(CSCCOCCOCCOCCOCCOCCN5C=C(CNC(=O)CC(C)C(=O)O)NN5)c(O)ccc34)S(=O)C[C@@H](NC(=O)CNC1=O)C(=O)N[C@@H](CC(N)=O)C(=O)N1C[C@H](O)C[C@H]1C(=O)N[C@@H]([C@@H](C)[C@@H](O)CO)C(=O)N2. The molecule has 4 aliphatic heterocycles. The molecule has 35 nitrogen and oxygen atoms in total. The summed E-state index contributed by atoms with van der Waals surface area (Å²) in [5.74, 6) is -14.6. The molecule has 5 heterocycles. The molecular weight excluding hydrogens is 1330 g/mol. The highest BCUT2D eigenvalue weighted by Gasteiger charge is 2.45. The lowest BCUT2D eigenvalue weighted by Crippen LogP contribution is -2.62. The van der Waals surface area contributed by atoms with Crippen LogP contribution in [0.5, 0.6) is 5.75 Å². The van der Waals surface area contributed by atoms with Crippen LogP contribution >= 0.6 is 11.8 Å². The number of phenolic OH excluding ortho intramolecular Hbond substituents is 1. The molecule has 1 fully saturated rings. The number of amides is 9. The Labute approximate surface area is 572 Å². The number of ketones is 1. The number of ether oxygens (including phenoxy) is 5. The van der Waals surface area contributed by atoms with Gasteiger partial charge in [-0.1, -0.05) is 34.1 Å². The summed E-state index contributed by atoms with van der Waals surface area (Å²) in [6.45, 7) is 7.10. The number of thioether (sulfide) groups is 1. The van der Waals surface area contributed by atoms with E-state index >= 15 is 4.21 Å². The quantitative estimate of drug-likeness (QED) is 0.0305. The Kier molecular flexibility index (Phi) is 32.3. The van der Waals surface area contributed by atoms with Gasteiger partial charge in [-0.25, -0.2) is 0 Å². The van der Waals surface area contributed by atoms with Gasteiger partial charge in [-0.2, -0.15) is 11.8 Å². The van der Waals surface area contributed by atoms with Crippen molar-refractivity contribution in [2.24, 2.45) is 29.4 Å². The van der Waals surface area contributed by atoms with E-state index < -0.39 is 194 Å². The number of hydrazine groups is 2. The smallest absolute Gasteiger partial charge is 0.306 e. The predicted molar refractivity (Wildman–Crippen MR) is 349 cm³/mol. The first-order chi connectivity index (χ1) is 46.8. The third kappa shape index (κ3) is 24.1. The van der Waals surface area contributed by atoms with Crippen LogP contribution in [0.4, 0.5) is 0 Å². The van der Waals surface area contributed by atoms with Crippen molar-refractivity contribution in [1.29, 1.82) is 0 Å². The van der Waals surface area contributed by atoms with Gasteiger partial charge in [0.15, 0.2) is 5.78 Å². The minimum absolute atomic E-state index is 0.0598. The number of aliphatic carboxylic acids is 1. The highest BCUT2D eigenvalue weighted by molar-refractivity contribution is 7.98. The number of primary amides is 1. The number of aliphatic hydroxyl groups is 3. The molecule has 0 spiro atoms. The summed E-state index contributed by atoms with van der Waals surface area (Å²) in [6.07, 6.45) is -3.33. The number of benzene rings is 1. The maximum atomic E-state index is 15.2. The van der Waals surface area contributed by atoms with E-state index in [-0.39, 0.29) is 83.9 Å². The molecule has 6 rings (SSSR count). The number of phenols is 1. The van der Waals surface area contributed by atoms with Crippen molar-refractivity contribution in [2.45, 2.75) is 119 Å². The van der Waals surface area contributed by atoms with E-state index in [4.69, 9.17) is 34.5 Å². The second kappa shape index (κ2) is 39.9. The Bertz CT molecular complexity index is 3180. The number of rotatable bonds is 32. The molecular formula is C61H93N13O22S2. The maximum Gasteiger partial charge on any atom is 0.306 e. The van der Waals surface area contributed by atoms with Crippen molar-refractivity contribution in [3.63, 3.8) is 0 Å². The average molecular weight is 1420 g/mol. The normalized spacial score (nSPS) is 23.8.